The minimum atomic E-state index is 1.16. The summed E-state index contributed by atoms with van der Waals surface area (Å²) in [4.78, 5) is 0. The topological polar surface area (TPSA) is 19.7 Å². The van der Waals surface area contributed by atoms with Crippen LogP contribution in [0.3, 0.4) is 0 Å². The lowest BCUT2D eigenvalue weighted by molar-refractivity contribution is 1.18. The molecule has 4 nitrogen and oxygen atoms in total. The van der Waals surface area contributed by atoms with Gasteiger partial charge in [-0.1, -0.05) is 273 Å². The molecule has 0 saturated carbocycles. The van der Waals surface area contributed by atoms with Crippen LogP contribution in [0.5, 0.6) is 0 Å². The zero-order valence-electron chi connectivity index (χ0n) is 55.6. The van der Waals surface area contributed by atoms with Gasteiger partial charge in [0, 0.05) is 64.9 Å². The van der Waals surface area contributed by atoms with Gasteiger partial charge >= 0.3 is 0 Å². The van der Waals surface area contributed by atoms with Gasteiger partial charge in [-0.25, -0.2) is 0 Å². The molecule has 0 radical (unpaired) electrons. The van der Waals surface area contributed by atoms with Crippen LogP contribution in [0.2, 0.25) is 0 Å². The third-order valence-corrected chi connectivity index (χ3v) is 21.6. The van der Waals surface area contributed by atoms with Crippen molar-refractivity contribution >= 4 is 141 Å². The minimum absolute atomic E-state index is 1.16. The Hall–Kier alpha value is -13.5. The predicted octanol–water partition coefficient (Wildman–Crippen LogP) is 26.5. The van der Waals surface area contributed by atoms with Crippen molar-refractivity contribution in [2.45, 2.75) is 0 Å². The van der Waals surface area contributed by atoms with Crippen LogP contribution in [-0.4, -0.2) is 18.3 Å². The summed E-state index contributed by atoms with van der Waals surface area (Å²) in [7, 11) is 0. The molecule has 0 N–H and O–H groups in total. The van der Waals surface area contributed by atoms with Crippen molar-refractivity contribution in [1.82, 2.24) is 18.3 Å². The van der Waals surface area contributed by atoms with Gasteiger partial charge in [-0.05, 0) is 174 Å². The van der Waals surface area contributed by atoms with E-state index < -0.39 is 0 Å². The molecule has 4 aromatic heterocycles. The minimum Gasteiger partial charge on any atom is -0.309 e. The van der Waals surface area contributed by atoms with Gasteiger partial charge in [0.15, 0.2) is 0 Å². The third-order valence-electron chi connectivity index (χ3n) is 21.6. The fraction of sp³-hybridized carbons (Fsp3) is 0. The summed E-state index contributed by atoms with van der Waals surface area (Å²) >= 11 is 0. The van der Waals surface area contributed by atoms with E-state index in [1.54, 1.807) is 0 Å². The van der Waals surface area contributed by atoms with Crippen molar-refractivity contribution in [3.05, 3.63) is 376 Å². The van der Waals surface area contributed by atoms with Crippen molar-refractivity contribution in [2.24, 2.45) is 0 Å². The smallest absolute Gasteiger partial charge is 0.0546 e. The Balaban J connectivity index is 0.000000133. The van der Waals surface area contributed by atoms with E-state index in [0.717, 1.165) is 5.69 Å². The molecule has 0 aliphatic rings. The van der Waals surface area contributed by atoms with E-state index in [2.05, 4.69) is 394 Å². The molecular formula is C98H62N4. The number of hydrogen-bond donors (Lipinski definition) is 0. The number of aromatic nitrogens is 4. The monoisotopic (exact) mass is 1290 g/mol. The third kappa shape index (κ3) is 8.96. The standard InChI is InChI=1S/C50H32N2.C48H30N2/c1-2-12-33(13-3-1)34-22-26-38(27-23-34)51-46-20-10-8-18-42(46)44-30-35(24-28-48(44)51)36-25-29-49-45(31-36)43-19-9-11-21-47(43)52(49)50-32-37-14-4-5-15-39(37)40-16-6-7-17-41(40)50;1-4-16-36-31(12-1)14-11-23-43(36)49-44-21-9-7-19-39(44)41-28-32(24-26-46(41)49)33-25-27-47-42(29-33)40-20-8-10-22-45(40)50(47)48-30-34-13-2-3-15-35(34)37-17-5-6-18-38(37)48/h1-32H;1-30H. The first-order valence-electron chi connectivity index (χ1n) is 35.2. The first-order chi connectivity index (χ1) is 50.6. The molecule has 0 unspecified atom stereocenters. The van der Waals surface area contributed by atoms with Gasteiger partial charge in [-0.3, -0.25) is 0 Å². The molecule has 22 aromatic rings. The lowest BCUT2D eigenvalue weighted by Gasteiger charge is -2.14. The lowest BCUT2D eigenvalue weighted by Crippen LogP contribution is -1.96. The van der Waals surface area contributed by atoms with E-state index in [9.17, 15) is 0 Å². The Morgan fingerprint density at radius 3 is 0.843 bits per heavy atom. The average molecular weight is 1300 g/mol. The summed E-state index contributed by atoms with van der Waals surface area (Å²) in [5.41, 5.74) is 21.8. The normalized spacial score (nSPS) is 11.9. The average Bonchev–Trinajstić information content (AvgIpc) is 1.56. The van der Waals surface area contributed by atoms with Gasteiger partial charge in [0.1, 0.15) is 0 Å². The molecular weight excluding hydrogens is 1230 g/mol. The van der Waals surface area contributed by atoms with Crippen LogP contribution in [0.1, 0.15) is 0 Å². The van der Waals surface area contributed by atoms with E-state index in [4.69, 9.17) is 0 Å². The number of rotatable bonds is 7. The van der Waals surface area contributed by atoms with Crippen molar-refractivity contribution in [3.63, 3.8) is 0 Å². The summed E-state index contributed by atoms with van der Waals surface area (Å²) in [6, 6.07) is 138. The maximum Gasteiger partial charge on any atom is 0.0546 e. The van der Waals surface area contributed by atoms with Crippen molar-refractivity contribution in [3.8, 4) is 56.1 Å². The van der Waals surface area contributed by atoms with Gasteiger partial charge in [-0.15, -0.1) is 0 Å². The van der Waals surface area contributed by atoms with Gasteiger partial charge < -0.3 is 18.3 Å². The van der Waals surface area contributed by atoms with Crippen LogP contribution in [0.4, 0.5) is 0 Å². The highest BCUT2D eigenvalue weighted by molar-refractivity contribution is 6.19. The fourth-order valence-electron chi connectivity index (χ4n) is 16.9. The second-order valence-electron chi connectivity index (χ2n) is 27.1. The Kier molecular flexibility index (Phi) is 13.0. The van der Waals surface area contributed by atoms with Crippen LogP contribution in [0.25, 0.3) is 197 Å². The Bertz CT molecular complexity index is 7180. The fourth-order valence-corrected chi connectivity index (χ4v) is 16.9. The molecule has 0 amide bonds. The number of para-hydroxylation sites is 4. The van der Waals surface area contributed by atoms with Crippen molar-refractivity contribution in [1.29, 1.82) is 0 Å². The van der Waals surface area contributed by atoms with E-state index in [0.29, 0.717) is 0 Å². The van der Waals surface area contributed by atoms with Crippen LogP contribution < -0.4 is 0 Å². The molecule has 0 aliphatic carbocycles. The Morgan fingerprint density at radius 2 is 0.412 bits per heavy atom. The van der Waals surface area contributed by atoms with E-state index in [1.807, 2.05) is 0 Å². The van der Waals surface area contributed by atoms with Crippen LogP contribution in [-0.2, 0) is 0 Å². The predicted molar refractivity (Wildman–Crippen MR) is 434 cm³/mol. The molecule has 474 valence electrons. The summed E-state index contributed by atoms with van der Waals surface area (Å²) in [6.07, 6.45) is 0. The van der Waals surface area contributed by atoms with Crippen molar-refractivity contribution < 1.29 is 0 Å². The van der Waals surface area contributed by atoms with Gasteiger partial charge in [-0.2, -0.15) is 0 Å². The molecule has 0 atom stereocenters. The second kappa shape index (κ2) is 23.0. The SMILES string of the molecule is c1ccc(-c2ccc(-n3c4ccccc4c4cc(-c5ccc6c(c5)c5ccccc5n6-c5cc6ccccc6c6ccccc56)ccc43)cc2)cc1.c1ccc2c(-n3c4ccccc4c4cc(-c5ccc6c(c5)c5ccccc5n6-c5cc6ccccc6c6ccccc56)ccc43)cccc2c1. The van der Waals surface area contributed by atoms with Crippen LogP contribution in [0, 0.1) is 0 Å². The van der Waals surface area contributed by atoms with Crippen LogP contribution in [0.15, 0.2) is 376 Å². The zero-order chi connectivity index (χ0) is 66.9. The molecule has 18 aromatic carbocycles. The van der Waals surface area contributed by atoms with E-state index >= 15 is 0 Å². The molecule has 0 aliphatic heterocycles. The van der Waals surface area contributed by atoms with E-state index in [-0.39, 0.29) is 0 Å². The number of benzene rings is 18. The molecule has 0 spiro atoms. The molecule has 0 bridgehead atoms. The quantitative estimate of drug-likeness (QED) is 0.142. The summed E-state index contributed by atoms with van der Waals surface area (Å²) in [6.45, 7) is 0. The van der Waals surface area contributed by atoms with Crippen LogP contribution >= 0.6 is 0 Å². The summed E-state index contributed by atoms with van der Waals surface area (Å²) in [5.74, 6) is 0. The Morgan fingerprint density at radius 1 is 0.127 bits per heavy atom. The van der Waals surface area contributed by atoms with E-state index in [1.165, 1.54) is 192 Å². The molecule has 22 rings (SSSR count). The lowest BCUT2D eigenvalue weighted by atomic mass is 9.99. The molecule has 102 heavy (non-hydrogen) atoms. The largest absolute Gasteiger partial charge is 0.309 e. The highest BCUT2D eigenvalue weighted by Gasteiger charge is 2.22. The van der Waals surface area contributed by atoms with Gasteiger partial charge in [0.25, 0.3) is 0 Å². The molecule has 0 fully saturated rings. The zero-order valence-corrected chi connectivity index (χ0v) is 55.6. The summed E-state index contributed by atoms with van der Waals surface area (Å²) < 4.78 is 9.75. The first kappa shape index (κ1) is 57.5. The number of hydrogen-bond acceptors (Lipinski definition) is 0. The van der Waals surface area contributed by atoms with Gasteiger partial charge in [0.05, 0.1) is 61.2 Å². The maximum atomic E-state index is 2.46. The van der Waals surface area contributed by atoms with Crippen molar-refractivity contribution in [2.75, 3.05) is 0 Å². The number of fused-ring (bicyclic) bond motifs is 19. The molecule has 0 saturated heterocycles. The second-order valence-corrected chi connectivity index (χ2v) is 27.1. The maximum absolute atomic E-state index is 2.46. The highest BCUT2D eigenvalue weighted by atomic mass is 15.0. The highest BCUT2D eigenvalue weighted by Crippen LogP contribution is 2.45. The number of nitrogens with zero attached hydrogens (tertiary/aromatic N) is 4. The molecule has 4 heterocycles. The first-order valence-corrected chi connectivity index (χ1v) is 35.2. The Labute approximate surface area is 587 Å². The summed E-state index contributed by atoms with van der Waals surface area (Å²) in [5, 5.41) is 22.7. The van der Waals surface area contributed by atoms with Gasteiger partial charge in [0.2, 0.25) is 0 Å². The molecule has 4 heteroatoms.